The van der Waals surface area contributed by atoms with E-state index in [0.29, 0.717) is 64.5 Å². The summed E-state index contributed by atoms with van der Waals surface area (Å²) in [4.78, 5) is 13.7. The number of nitrogens with one attached hydrogen (secondary N) is 1. The third kappa shape index (κ3) is 5.89. The molecule has 5 aliphatic carbocycles. The van der Waals surface area contributed by atoms with Gasteiger partial charge in [0.2, 0.25) is 0 Å². The van der Waals surface area contributed by atoms with E-state index >= 15 is 0 Å². The second-order valence-electron chi connectivity index (χ2n) is 18.4. The molecule has 4 saturated carbocycles. The van der Waals surface area contributed by atoms with Gasteiger partial charge in [0.05, 0.1) is 18.8 Å². The van der Waals surface area contributed by atoms with E-state index in [1.807, 2.05) is 12.1 Å². The van der Waals surface area contributed by atoms with Crippen LogP contribution in [-0.4, -0.2) is 72.1 Å². The average Bonchev–Trinajstić information content (AvgIpc) is 3.43. The van der Waals surface area contributed by atoms with Crippen LogP contribution in [0.4, 0.5) is 0 Å². The molecule has 1 aromatic carbocycles. The zero-order chi connectivity index (χ0) is 35.4. The summed E-state index contributed by atoms with van der Waals surface area (Å²) in [7, 11) is 0. The Balaban J connectivity index is 1.26. The first-order valence-electron chi connectivity index (χ1n) is 19.5. The lowest BCUT2D eigenvalue weighted by Gasteiger charge is -2.72. The first kappa shape index (κ1) is 36.8. The third-order valence-corrected chi connectivity index (χ3v) is 16.2. The van der Waals surface area contributed by atoms with Gasteiger partial charge in [0.25, 0.3) is 0 Å². The zero-order valence-corrected chi connectivity index (χ0v) is 31.5. The number of carbonyl (C=O) groups is 1. The molecule has 4 N–H and O–H groups in total. The predicted octanol–water partition coefficient (Wildman–Crippen LogP) is 7.91. The molecule has 6 heteroatoms. The number of carboxylic acids is 1. The minimum Gasteiger partial charge on any atom is -0.478 e. The van der Waals surface area contributed by atoms with E-state index in [1.54, 1.807) is 12.1 Å². The summed E-state index contributed by atoms with van der Waals surface area (Å²) < 4.78 is 0. The Kier molecular flexibility index (Phi) is 10.2. The quantitative estimate of drug-likeness (QED) is 0.133. The highest BCUT2D eigenvalue weighted by molar-refractivity contribution is 5.88. The van der Waals surface area contributed by atoms with Gasteiger partial charge in [-0.25, -0.2) is 4.79 Å². The van der Waals surface area contributed by atoms with Gasteiger partial charge in [0, 0.05) is 32.7 Å². The molecule has 9 atom stereocenters. The SMILES string of the molecule is C=C(C)[C@@H]1CC[C@]2(CNCCN(CCO)CCO)CC[C@]3(C)[C@H](CC[C@@H]4[C@@]5(C)CC=C(c6ccc(C(=O)O)cc6)C(C)(C)[C@@H]5CC[C@]43C)[C@@H]12. The predicted molar refractivity (Wildman–Crippen MR) is 199 cm³/mol. The molecular weight excluding hydrogens is 608 g/mol. The Bertz CT molecular complexity index is 1410. The van der Waals surface area contributed by atoms with E-state index in [9.17, 15) is 20.1 Å². The van der Waals surface area contributed by atoms with Crippen LogP contribution in [-0.2, 0) is 0 Å². The lowest BCUT2D eigenvalue weighted by molar-refractivity contribution is -0.225. The van der Waals surface area contributed by atoms with Crippen molar-refractivity contribution >= 4 is 11.5 Å². The maximum Gasteiger partial charge on any atom is 0.335 e. The van der Waals surface area contributed by atoms with Gasteiger partial charge in [-0.3, -0.25) is 4.90 Å². The number of fused-ring (bicyclic) bond motifs is 7. The van der Waals surface area contributed by atoms with Crippen LogP contribution in [0.3, 0.4) is 0 Å². The topological polar surface area (TPSA) is 93.0 Å². The fourth-order valence-corrected chi connectivity index (χ4v) is 13.7. The molecule has 4 fully saturated rings. The van der Waals surface area contributed by atoms with Gasteiger partial charge in [-0.1, -0.05) is 65.0 Å². The van der Waals surface area contributed by atoms with E-state index in [2.05, 4.69) is 64.4 Å². The van der Waals surface area contributed by atoms with E-state index in [4.69, 9.17) is 0 Å². The molecule has 49 heavy (non-hydrogen) atoms. The molecule has 0 aromatic heterocycles. The highest BCUT2D eigenvalue weighted by atomic mass is 16.4. The largest absolute Gasteiger partial charge is 0.478 e. The number of allylic oxidation sites excluding steroid dienone is 3. The zero-order valence-electron chi connectivity index (χ0n) is 31.5. The molecule has 0 amide bonds. The van der Waals surface area contributed by atoms with E-state index in [1.165, 1.54) is 68.1 Å². The molecule has 0 bridgehead atoms. The lowest BCUT2D eigenvalue weighted by Crippen LogP contribution is -2.65. The second-order valence-corrected chi connectivity index (χ2v) is 18.4. The number of carboxylic acid groups (broad SMARTS) is 1. The minimum absolute atomic E-state index is 0.0185. The van der Waals surface area contributed by atoms with Crippen LogP contribution in [0.1, 0.15) is 115 Å². The van der Waals surface area contributed by atoms with Crippen molar-refractivity contribution in [1.29, 1.82) is 0 Å². The van der Waals surface area contributed by atoms with Gasteiger partial charge in [0.15, 0.2) is 0 Å². The van der Waals surface area contributed by atoms with Gasteiger partial charge in [0.1, 0.15) is 0 Å². The normalized spacial score (nSPS) is 39.4. The Morgan fingerprint density at radius 2 is 1.57 bits per heavy atom. The molecule has 0 radical (unpaired) electrons. The van der Waals surface area contributed by atoms with Crippen LogP contribution < -0.4 is 5.32 Å². The molecule has 5 aliphatic rings. The fraction of sp³-hybridized carbons (Fsp3) is 0.744. The maximum atomic E-state index is 11.5. The van der Waals surface area contributed by atoms with Crippen molar-refractivity contribution in [1.82, 2.24) is 10.2 Å². The van der Waals surface area contributed by atoms with Crippen molar-refractivity contribution in [2.24, 2.45) is 56.7 Å². The van der Waals surface area contributed by atoms with Crippen LogP contribution in [0, 0.1) is 56.7 Å². The first-order valence-corrected chi connectivity index (χ1v) is 19.5. The first-order chi connectivity index (χ1) is 23.2. The number of nitrogens with zero attached hydrogens (tertiary/aromatic N) is 1. The van der Waals surface area contributed by atoms with Crippen molar-refractivity contribution in [2.75, 3.05) is 45.9 Å². The van der Waals surface area contributed by atoms with Crippen LogP contribution in [0.25, 0.3) is 5.57 Å². The summed E-state index contributed by atoms with van der Waals surface area (Å²) in [6.07, 6.45) is 14.0. The summed E-state index contributed by atoms with van der Waals surface area (Å²) in [5.41, 5.74) is 5.49. The molecule has 0 unspecified atom stereocenters. The number of aliphatic hydroxyl groups excluding tert-OH is 2. The minimum atomic E-state index is -0.866. The van der Waals surface area contributed by atoms with E-state index in [0.717, 1.165) is 26.1 Å². The van der Waals surface area contributed by atoms with E-state index in [-0.39, 0.29) is 24.0 Å². The second kappa shape index (κ2) is 13.5. The number of hydrogen-bond acceptors (Lipinski definition) is 5. The van der Waals surface area contributed by atoms with Gasteiger partial charge in [-0.15, -0.1) is 0 Å². The summed E-state index contributed by atoms with van der Waals surface area (Å²) >= 11 is 0. The smallest absolute Gasteiger partial charge is 0.335 e. The monoisotopic (exact) mass is 675 g/mol. The highest BCUT2D eigenvalue weighted by Gasteiger charge is 2.70. The van der Waals surface area contributed by atoms with Crippen LogP contribution in [0.5, 0.6) is 0 Å². The van der Waals surface area contributed by atoms with Crippen LogP contribution in [0.2, 0.25) is 0 Å². The number of hydrogen-bond donors (Lipinski definition) is 4. The molecule has 0 spiro atoms. The summed E-state index contributed by atoms with van der Waals surface area (Å²) in [6.45, 7) is 24.2. The Labute approximate surface area is 296 Å². The van der Waals surface area contributed by atoms with Crippen molar-refractivity contribution in [3.8, 4) is 0 Å². The molecule has 272 valence electrons. The number of aliphatic hydroxyl groups is 2. The maximum absolute atomic E-state index is 11.5. The Morgan fingerprint density at radius 3 is 2.20 bits per heavy atom. The van der Waals surface area contributed by atoms with Gasteiger partial charge >= 0.3 is 5.97 Å². The van der Waals surface area contributed by atoms with Crippen LogP contribution >= 0.6 is 0 Å². The highest BCUT2D eigenvalue weighted by Crippen LogP contribution is 2.77. The molecule has 0 aliphatic heterocycles. The standard InChI is InChI=1S/C43H66N2O4/c1-29(2)32-14-19-43(28-44-22-23-45(24-26-46)25-27-47)21-20-41(6)34(37(32)43)12-13-36-40(5)17-15-33(30-8-10-31(11-9-30)38(48)49)39(3,4)35(40)16-18-42(36,41)7/h8-11,15,32,34-37,44,46-47H,1,12-14,16-28H2,2-7H3,(H,48,49)/t32-,34+,35-,36+,37+,40-,41+,42+,43+/m0/s1. The third-order valence-electron chi connectivity index (χ3n) is 16.2. The number of benzene rings is 1. The lowest BCUT2D eigenvalue weighted by atomic mass is 9.32. The van der Waals surface area contributed by atoms with Crippen molar-refractivity contribution in [2.45, 2.75) is 99.3 Å². The average molecular weight is 675 g/mol. The van der Waals surface area contributed by atoms with Crippen LogP contribution in [0.15, 0.2) is 42.5 Å². The van der Waals surface area contributed by atoms with Gasteiger partial charge in [-0.2, -0.15) is 0 Å². The number of rotatable bonds is 12. The fourth-order valence-electron chi connectivity index (χ4n) is 13.7. The molecule has 1 aromatic rings. The summed E-state index contributed by atoms with van der Waals surface area (Å²) in [5.74, 6) is 2.40. The molecule has 6 nitrogen and oxygen atoms in total. The summed E-state index contributed by atoms with van der Waals surface area (Å²) in [5, 5.41) is 32.4. The Morgan fingerprint density at radius 1 is 0.878 bits per heavy atom. The number of aromatic carboxylic acids is 1. The Hall–Kier alpha value is -1.99. The van der Waals surface area contributed by atoms with Crippen molar-refractivity contribution in [3.63, 3.8) is 0 Å². The van der Waals surface area contributed by atoms with Gasteiger partial charge < -0.3 is 20.6 Å². The molecule has 0 heterocycles. The van der Waals surface area contributed by atoms with E-state index < -0.39 is 5.97 Å². The van der Waals surface area contributed by atoms with Crippen molar-refractivity contribution < 1.29 is 20.1 Å². The van der Waals surface area contributed by atoms with Crippen molar-refractivity contribution in [3.05, 3.63) is 53.6 Å². The van der Waals surface area contributed by atoms with Gasteiger partial charge in [-0.05, 0) is 145 Å². The molecule has 0 saturated heterocycles. The summed E-state index contributed by atoms with van der Waals surface area (Å²) in [6, 6.07) is 7.60. The molecule has 6 rings (SSSR count). The molecular formula is C43H66N2O4.